The van der Waals surface area contributed by atoms with Crippen LogP contribution in [0.4, 0.5) is 0 Å². The van der Waals surface area contributed by atoms with Crippen molar-refractivity contribution in [2.45, 2.75) is 26.2 Å². The second-order valence-electron chi connectivity index (χ2n) is 7.71. The zero-order valence-corrected chi connectivity index (χ0v) is 17.3. The minimum absolute atomic E-state index is 0.298. The smallest absolute Gasteiger partial charge is 0.174 e. The molecular formula is C24H19ClN2O3. The molecule has 1 N–H and O–H groups in total. The van der Waals surface area contributed by atoms with E-state index in [9.17, 15) is 4.79 Å². The third kappa shape index (κ3) is 3.31. The highest BCUT2D eigenvalue weighted by atomic mass is 35.5. The summed E-state index contributed by atoms with van der Waals surface area (Å²) in [5.41, 5.74) is 3.98. The van der Waals surface area contributed by atoms with Gasteiger partial charge in [0, 0.05) is 33.9 Å². The molecule has 0 amide bonds. The lowest BCUT2D eigenvalue weighted by Gasteiger charge is -2.02. The number of H-pyrrole nitrogens is 1. The van der Waals surface area contributed by atoms with Crippen molar-refractivity contribution in [2.24, 2.45) is 0 Å². The third-order valence-corrected chi connectivity index (χ3v) is 5.37. The molecule has 0 spiro atoms. The van der Waals surface area contributed by atoms with Crippen LogP contribution in [0.5, 0.6) is 0 Å². The summed E-state index contributed by atoms with van der Waals surface area (Å²) < 4.78 is 12.1. The number of benzene rings is 2. The van der Waals surface area contributed by atoms with E-state index in [0.29, 0.717) is 34.5 Å². The van der Waals surface area contributed by atoms with Gasteiger partial charge in [0.2, 0.25) is 0 Å². The van der Waals surface area contributed by atoms with E-state index in [4.69, 9.17) is 20.4 Å². The fourth-order valence-electron chi connectivity index (χ4n) is 3.62. The molecule has 150 valence electrons. The van der Waals surface area contributed by atoms with E-state index in [1.807, 2.05) is 36.4 Å². The zero-order chi connectivity index (χ0) is 20.8. The molecule has 0 saturated heterocycles. The van der Waals surface area contributed by atoms with Crippen LogP contribution in [0.3, 0.4) is 0 Å². The number of aldehydes is 1. The molecule has 0 fully saturated rings. The van der Waals surface area contributed by atoms with Crippen LogP contribution in [0, 0.1) is 0 Å². The average molecular weight is 419 g/mol. The first-order valence-electron chi connectivity index (χ1n) is 9.76. The fraction of sp³-hybridized carbons (Fsp3) is 0.167. The van der Waals surface area contributed by atoms with Gasteiger partial charge in [0.1, 0.15) is 23.4 Å². The summed E-state index contributed by atoms with van der Waals surface area (Å²) in [6, 6.07) is 15.0. The summed E-state index contributed by atoms with van der Waals surface area (Å²) >= 11 is 6.34. The Morgan fingerprint density at radius 1 is 1.10 bits per heavy atom. The summed E-state index contributed by atoms with van der Waals surface area (Å²) in [6.07, 6.45) is 1.36. The van der Waals surface area contributed by atoms with E-state index < -0.39 is 0 Å². The monoisotopic (exact) mass is 418 g/mol. The average Bonchev–Trinajstić information content (AvgIpc) is 3.44. The Hall–Kier alpha value is -3.31. The first-order valence-corrected chi connectivity index (χ1v) is 10.1. The highest BCUT2D eigenvalue weighted by molar-refractivity contribution is 6.31. The van der Waals surface area contributed by atoms with Gasteiger partial charge in [-0.15, -0.1) is 0 Å². The van der Waals surface area contributed by atoms with Crippen LogP contribution in [0.25, 0.3) is 33.6 Å². The standard InChI is InChI=1S/C24H19ClN2O3/c1-13(2)22-11-16-9-17(25)8-15(23(16)30-22)10-18-4-6-21(29-18)24-26-19-5-3-14(12-28)7-20(19)27-24/h3-9,11-13H,10H2,1-2H3,(H,26,27). The predicted molar refractivity (Wildman–Crippen MR) is 117 cm³/mol. The number of aromatic amines is 1. The van der Waals surface area contributed by atoms with Gasteiger partial charge in [-0.3, -0.25) is 4.79 Å². The number of aromatic nitrogens is 2. The van der Waals surface area contributed by atoms with Crippen molar-refractivity contribution in [3.05, 3.63) is 76.2 Å². The minimum atomic E-state index is 0.298. The third-order valence-electron chi connectivity index (χ3n) is 5.15. The number of carbonyl (C=O) groups excluding carboxylic acids is 1. The Morgan fingerprint density at radius 2 is 1.97 bits per heavy atom. The van der Waals surface area contributed by atoms with Crippen LogP contribution in [-0.4, -0.2) is 16.3 Å². The molecule has 0 aliphatic carbocycles. The number of imidazole rings is 1. The maximum atomic E-state index is 11.0. The summed E-state index contributed by atoms with van der Waals surface area (Å²) in [4.78, 5) is 18.8. The fourth-order valence-corrected chi connectivity index (χ4v) is 3.87. The second-order valence-corrected chi connectivity index (χ2v) is 8.15. The highest BCUT2D eigenvalue weighted by Crippen LogP contribution is 2.32. The van der Waals surface area contributed by atoms with Crippen molar-refractivity contribution in [1.82, 2.24) is 9.97 Å². The van der Waals surface area contributed by atoms with Crippen LogP contribution in [0.2, 0.25) is 5.02 Å². The first-order chi connectivity index (χ1) is 14.5. The van der Waals surface area contributed by atoms with Crippen LogP contribution < -0.4 is 0 Å². The molecule has 5 nitrogen and oxygen atoms in total. The van der Waals surface area contributed by atoms with E-state index in [1.54, 1.807) is 12.1 Å². The minimum Gasteiger partial charge on any atom is -0.461 e. The summed E-state index contributed by atoms with van der Waals surface area (Å²) in [5, 5.41) is 1.67. The summed E-state index contributed by atoms with van der Waals surface area (Å²) in [5.74, 6) is 3.27. The van der Waals surface area contributed by atoms with Crippen molar-refractivity contribution in [1.29, 1.82) is 0 Å². The van der Waals surface area contributed by atoms with Gasteiger partial charge in [0.05, 0.1) is 11.0 Å². The van der Waals surface area contributed by atoms with Crippen LogP contribution in [0.15, 0.2) is 57.4 Å². The SMILES string of the molecule is CC(C)c1cc2cc(Cl)cc(Cc3ccc(-c4nc5cc(C=O)ccc5[nH]4)o3)c2o1. The molecule has 0 bridgehead atoms. The zero-order valence-electron chi connectivity index (χ0n) is 16.5. The lowest BCUT2D eigenvalue weighted by atomic mass is 10.1. The van der Waals surface area contributed by atoms with Gasteiger partial charge >= 0.3 is 0 Å². The number of rotatable bonds is 5. The van der Waals surface area contributed by atoms with Crippen LogP contribution in [0.1, 0.15) is 47.2 Å². The van der Waals surface area contributed by atoms with Gasteiger partial charge in [-0.05, 0) is 48.5 Å². The summed E-state index contributed by atoms with van der Waals surface area (Å²) in [6.45, 7) is 4.20. The van der Waals surface area contributed by atoms with Crippen molar-refractivity contribution in [3.63, 3.8) is 0 Å². The Labute approximate surface area is 177 Å². The van der Waals surface area contributed by atoms with Crippen LogP contribution >= 0.6 is 11.6 Å². The van der Waals surface area contributed by atoms with Crippen molar-refractivity contribution in [2.75, 3.05) is 0 Å². The van der Waals surface area contributed by atoms with E-state index >= 15 is 0 Å². The molecule has 0 radical (unpaired) electrons. The number of carbonyl (C=O) groups is 1. The quantitative estimate of drug-likeness (QED) is 0.320. The molecule has 6 heteroatoms. The number of halogens is 1. The van der Waals surface area contributed by atoms with Gasteiger partial charge in [0.25, 0.3) is 0 Å². The number of furan rings is 2. The van der Waals surface area contributed by atoms with E-state index in [1.165, 1.54) is 0 Å². The molecule has 0 saturated carbocycles. The normalized spacial score (nSPS) is 11.7. The molecule has 5 aromatic rings. The van der Waals surface area contributed by atoms with Crippen LogP contribution in [-0.2, 0) is 6.42 Å². The molecule has 0 aliphatic heterocycles. The number of nitrogens with one attached hydrogen (secondary N) is 1. The molecule has 30 heavy (non-hydrogen) atoms. The number of hydrogen-bond acceptors (Lipinski definition) is 4. The Balaban J connectivity index is 1.48. The van der Waals surface area contributed by atoms with E-state index in [0.717, 1.165) is 45.4 Å². The van der Waals surface area contributed by atoms with E-state index in [2.05, 4.69) is 23.8 Å². The Morgan fingerprint density at radius 3 is 2.77 bits per heavy atom. The van der Waals surface area contributed by atoms with Gasteiger partial charge in [-0.25, -0.2) is 4.98 Å². The molecule has 3 heterocycles. The lowest BCUT2D eigenvalue weighted by Crippen LogP contribution is -1.87. The van der Waals surface area contributed by atoms with Gasteiger partial charge in [0.15, 0.2) is 11.6 Å². The molecular weight excluding hydrogens is 400 g/mol. The summed E-state index contributed by atoms with van der Waals surface area (Å²) in [7, 11) is 0. The van der Waals surface area contributed by atoms with E-state index in [-0.39, 0.29) is 0 Å². The highest BCUT2D eigenvalue weighted by Gasteiger charge is 2.15. The molecule has 3 aromatic heterocycles. The maximum Gasteiger partial charge on any atom is 0.174 e. The largest absolute Gasteiger partial charge is 0.461 e. The molecule has 0 aliphatic rings. The molecule has 2 aromatic carbocycles. The maximum absolute atomic E-state index is 11.0. The van der Waals surface area contributed by atoms with Gasteiger partial charge < -0.3 is 13.8 Å². The topological polar surface area (TPSA) is 72.0 Å². The molecule has 0 atom stereocenters. The predicted octanol–water partition coefficient (Wildman–Crippen LogP) is 6.75. The number of fused-ring (bicyclic) bond motifs is 2. The van der Waals surface area contributed by atoms with Crippen molar-refractivity contribution >= 4 is 39.9 Å². The first kappa shape index (κ1) is 18.7. The van der Waals surface area contributed by atoms with Gasteiger partial charge in [-0.1, -0.05) is 25.4 Å². The Bertz CT molecular complexity index is 1390. The lowest BCUT2D eigenvalue weighted by molar-refractivity contribution is 0.112. The second kappa shape index (κ2) is 7.18. The molecule has 0 unspecified atom stereocenters. The van der Waals surface area contributed by atoms with Gasteiger partial charge in [-0.2, -0.15) is 0 Å². The Kier molecular flexibility index (Phi) is 4.48. The van der Waals surface area contributed by atoms with Crippen molar-refractivity contribution in [3.8, 4) is 11.6 Å². The van der Waals surface area contributed by atoms with Crippen molar-refractivity contribution < 1.29 is 13.6 Å². The number of hydrogen-bond donors (Lipinski definition) is 1. The molecule has 5 rings (SSSR count). The number of nitrogens with zero attached hydrogens (tertiary/aromatic N) is 1.